The second kappa shape index (κ2) is 8.95. The average molecular weight is 402 g/mol. The van der Waals surface area contributed by atoms with E-state index < -0.39 is 11.3 Å². The van der Waals surface area contributed by atoms with E-state index in [9.17, 15) is 9.59 Å². The molecule has 0 atom stereocenters. The number of benzene rings is 2. The van der Waals surface area contributed by atoms with Crippen LogP contribution in [0, 0.1) is 6.92 Å². The third-order valence-electron chi connectivity index (χ3n) is 5.42. The first-order chi connectivity index (χ1) is 14.6. The topological polar surface area (TPSA) is 67.2 Å². The summed E-state index contributed by atoms with van der Waals surface area (Å²) in [5.74, 6) is -0.507. The van der Waals surface area contributed by atoms with Crippen molar-refractivity contribution in [1.29, 1.82) is 0 Å². The Morgan fingerprint density at radius 1 is 0.900 bits per heavy atom. The van der Waals surface area contributed by atoms with E-state index >= 15 is 0 Å². The molecule has 0 unspecified atom stereocenters. The normalized spacial score (nSPS) is 14.2. The minimum atomic E-state index is -0.507. The maximum atomic E-state index is 12.8. The van der Waals surface area contributed by atoms with Gasteiger partial charge in [-0.25, -0.2) is 4.68 Å². The van der Waals surface area contributed by atoms with E-state index in [-0.39, 0.29) is 5.69 Å². The van der Waals surface area contributed by atoms with E-state index in [1.165, 1.54) is 31.7 Å². The van der Waals surface area contributed by atoms with Crippen LogP contribution in [0.4, 0.5) is 11.4 Å². The second-order valence-corrected chi connectivity index (χ2v) is 7.65. The van der Waals surface area contributed by atoms with Crippen LogP contribution in [0.3, 0.4) is 0 Å². The lowest BCUT2D eigenvalue weighted by Crippen LogP contribution is -2.27. The van der Waals surface area contributed by atoms with Crippen molar-refractivity contribution in [3.05, 3.63) is 82.3 Å². The van der Waals surface area contributed by atoms with Crippen molar-refractivity contribution in [2.75, 3.05) is 23.3 Å². The van der Waals surface area contributed by atoms with E-state index in [4.69, 9.17) is 0 Å². The first-order valence-corrected chi connectivity index (χ1v) is 10.4. The molecule has 1 aromatic heterocycles. The van der Waals surface area contributed by atoms with Crippen molar-refractivity contribution in [2.24, 2.45) is 0 Å². The van der Waals surface area contributed by atoms with E-state index in [0.29, 0.717) is 11.4 Å². The van der Waals surface area contributed by atoms with Gasteiger partial charge in [-0.15, -0.1) is 0 Å². The van der Waals surface area contributed by atoms with Crippen molar-refractivity contribution < 1.29 is 4.79 Å². The van der Waals surface area contributed by atoms with Crippen LogP contribution in [-0.2, 0) is 0 Å². The van der Waals surface area contributed by atoms with Crippen LogP contribution >= 0.6 is 0 Å². The number of hydrogen-bond donors (Lipinski definition) is 1. The summed E-state index contributed by atoms with van der Waals surface area (Å²) in [6.07, 6.45) is 5.00. The molecule has 154 valence electrons. The predicted octanol–water partition coefficient (Wildman–Crippen LogP) is 4.17. The van der Waals surface area contributed by atoms with Gasteiger partial charge in [0.1, 0.15) is 0 Å². The molecular formula is C24H26N4O2. The SMILES string of the molecule is Cc1cc(=O)c(C(=O)Nc2ccc(N3CCCCCC3)cc2)nn1-c1ccccc1. The summed E-state index contributed by atoms with van der Waals surface area (Å²) in [5.41, 5.74) is 2.76. The molecule has 1 N–H and O–H groups in total. The zero-order valence-electron chi connectivity index (χ0n) is 17.2. The lowest BCUT2D eigenvalue weighted by atomic mass is 10.2. The highest BCUT2D eigenvalue weighted by Gasteiger charge is 2.16. The number of amides is 1. The summed E-state index contributed by atoms with van der Waals surface area (Å²) >= 11 is 0. The number of hydrogen-bond acceptors (Lipinski definition) is 4. The van der Waals surface area contributed by atoms with Crippen LogP contribution in [0.25, 0.3) is 5.69 Å². The quantitative estimate of drug-likeness (QED) is 0.711. The lowest BCUT2D eigenvalue weighted by Gasteiger charge is -2.22. The van der Waals surface area contributed by atoms with Gasteiger partial charge in [0.15, 0.2) is 5.69 Å². The van der Waals surface area contributed by atoms with Crippen molar-refractivity contribution >= 4 is 17.3 Å². The molecule has 2 heterocycles. The molecule has 1 aliphatic rings. The largest absolute Gasteiger partial charge is 0.372 e. The van der Waals surface area contributed by atoms with E-state index in [1.807, 2.05) is 54.6 Å². The van der Waals surface area contributed by atoms with Crippen LogP contribution in [0.1, 0.15) is 41.9 Å². The number of nitrogens with zero attached hydrogens (tertiary/aromatic N) is 3. The average Bonchev–Trinajstić information content (AvgIpc) is 3.04. The Morgan fingerprint density at radius 3 is 2.23 bits per heavy atom. The van der Waals surface area contributed by atoms with Gasteiger partial charge in [0, 0.05) is 36.2 Å². The molecule has 0 saturated carbocycles. The number of aromatic nitrogens is 2. The van der Waals surface area contributed by atoms with Crippen molar-refractivity contribution in [3.63, 3.8) is 0 Å². The Kier molecular flexibility index (Phi) is 5.93. The summed E-state index contributed by atoms with van der Waals surface area (Å²) in [5, 5.41) is 7.13. The van der Waals surface area contributed by atoms with E-state index in [0.717, 1.165) is 24.5 Å². The minimum absolute atomic E-state index is 0.124. The molecule has 30 heavy (non-hydrogen) atoms. The van der Waals surface area contributed by atoms with Gasteiger partial charge in [0.2, 0.25) is 5.43 Å². The van der Waals surface area contributed by atoms with Crippen LogP contribution in [-0.4, -0.2) is 28.8 Å². The molecule has 1 aliphatic heterocycles. The summed E-state index contributed by atoms with van der Waals surface area (Å²) in [4.78, 5) is 27.6. The molecule has 1 amide bonds. The number of rotatable bonds is 4. The van der Waals surface area contributed by atoms with Crippen molar-refractivity contribution in [2.45, 2.75) is 32.6 Å². The molecule has 1 saturated heterocycles. The lowest BCUT2D eigenvalue weighted by molar-refractivity contribution is 0.101. The Balaban J connectivity index is 1.53. The predicted molar refractivity (Wildman–Crippen MR) is 120 cm³/mol. The Hall–Kier alpha value is -3.41. The molecule has 6 heteroatoms. The Labute approximate surface area is 176 Å². The van der Waals surface area contributed by atoms with Gasteiger partial charge in [0.25, 0.3) is 5.91 Å². The Bertz CT molecular complexity index is 1070. The molecule has 2 aromatic carbocycles. The molecular weight excluding hydrogens is 376 g/mol. The maximum absolute atomic E-state index is 12.8. The Morgan fingerprint density at radius 2 is 1.57 bits per heavy atom. The zero-order chi connectivity index (χ0) is 20.9. The standard InChI is InChI=1S/C24H26N4O2/c1-18-17-22(29)23(26-28(18)21-9-5-4-6-10-21)24(30)25-19-11-13-20(14-12-19)27-15-7-2-3-8-16-27/h4-6,9-14,17H,2-3,7-8,15-16H2,1H3,(H,25,30). The third-order valence-corrected chi connectivity index (χ3v) is 5.42. The zero-order valence-corrected chi connectivity index (χ0v) is 17.2. The second-order valence-electron chi connectivity index (χ2n) is 7.65. The summed E-state index contributed by atoms with van der Waals surface area (Å²) in [6.45, 7) is 3.93. The van der Waals surface area contributed by atoms with Gasteiger partial charge in [-0.3, -0.25) is 9.59 Å². The van der Waals surface area contributed by atoms with Gasteiger partial charge in [-0.1, -0.05) is 31.0 Å². The maximum Gasteiger partial charge on any atom is 0.280 e. The number of aryl methyl sites for hydroxylation is 1. The molecule has 4 rings (SSSR count). The molecule has 1 fully saturated rings. The van der Waals surface area contributed by atoms with Gasteiger partial charge in [-0.05, 0) is 56.2 Å². The first-order valence-electron chi connectivity index (χ1n) is 10.4. The van der Waals surface area contributed by atoms with E-state index in [1.54, 1.807) is 11.6 Å². The fraction of sp³-hybridized carbons (Fsp3) is 0.292. The molecule has 0 spiro atoms. The molecule has 3 aromatic rings. The summed E-state index contributed by atoms with van der Waals surface area (Å²) in [6, 6.07) is 18.7. The highest BCUT2D eigenvalue weighted by Crippen LogP contribution is 2.21. The fourth-order valence-electron chi connectivity index (χ4n) is 3.81. The van der Waals surface area contributed by atoms with Crippen LogP contribution < -0.4 is 15.6 Å². The molecule has 0 aliphatic carbocycles. The van der Waals surface area contributed by atoms with Crippen LogP contribution in [0.15, 0.2) is 65.5 Å². The third kappa shape index (κ3) is 4.43. The smallest absolute Gasteiger partial charge is 0.280 e. The highest BCUT2D eigenvalue weighted by molar-refractivity contribution is 6.02. The minimum Gasteiger partial charge on any atom is -0.372 e. The summed E-state index contributed by atoms with van der Waals surface area (Å²) in [7, 11) is 0. The van der Waals surface area contributed by atoms with Gasteiger partial charge in [0.05, 0.1) is 5.69 Å². The van der Waals surface area contributed by atoms with Crippen LogP contribution in [0.2, 0.25) is 0 Å². The number of para-hydroxylation sites is 1. The van der Waals surface area contributed by atoms with Crippen LogP contribution in [0.5, 0.6) is 0 Å². The monoisotopic (exact) mass is 402 g/mol. The first kappa shape index (κ1) is 19.9. The van der Waals surface area contributed by atoms with Crippen molar-refractivity contribution in [3.8, 4) is 5.69 Å². The number of carbonyl (C=O) groups is 1. The van der Waals surface area contributed by atoms with Gasteiger partial charge >= 0.3 is 0 Å². The molecule has 0 radical (unpaired) electrons. The highest BCUT2D eigenvalue weighted by atomic mass is 16.2. The molecule has 0 bridgehead atoms. The number of carbonyl (C=O) groups excluding carboxylic acids is 1. The molecule has 6 nitrogen and oxygen atoms in total. The fourth-order valence-corrected chi connectivity index (χ4v) is 3.81. The van der Waals surface area contributed by atoms with Gasteiger partial charge < -0.3 is 10.2 Å². The van der Waals surface area contributed by atoms with Gasteiger partial charge in [-0.2, -0.15) is 5.10 Å². The number of nitrogens with one attached hydrogen (secondary N) is 1. The van der Waals surface area contributed by atoms with E-state index in [2.05, 4.69) is 15.3 Å². The summed E-state index contributed by atoms with van der Waals surface area (Å²) < 4.78 is 1.61. The number of anilines is 2. The van der Waals surface area contributed by atoms with Crippen molar-refractivity contribution in [1.82, 2.24) is 9.78 Å².